The molecule has 2 fully saturated rings. The minimum atomic E-state index is -0.370. The van der Waals surface area contributed by atoms with Gasteiger partial charge >= 0.3 is 0 Å². The van der Waals surface area contributed by atoms with Crippen molar-refractivity contribution in [1.82, 2.24) is 4.90 Å². The minimum absolute atomic E-state index is 0.207. The van der Waals surface area contributed by atoms with Crippen LogP contribution in [0.25, 0.3) is 0 Å². The van der Waals surface area contributed by atoms with Gasteiger partial charge in [-0.05, 0) is 31.4 Å². The zero-order valence-corrected chi connectivity index (χ0v) is 14.4. The summed E-state index contributed by atoms with van der Waals surface area (Å²) in [6.45, 7) is 5.74. The minimum Gasteiger partial charge on any atom is -0.347 e. The molecule has 1 atom stereocenters. The molecule has 0 radical (unpaired) electrons. The van der Waals surface area contributed by atoms with E-state index in [9.17, 15) is 4.79 Å². The number of benzene rings is 1. The van der Waals surface area contributed by atoms with E-state index < -0.39 is 0 Å². The number of likely N-dealkylation sites (tertiary alicyclic amines) is 1. The van der Waals surface area contributed by atoms with Gasteiger partial charge in [-0.25, -0.2) is 0 Å². The van der Waals surface area contributed by atoms with Crippen LogP contribution in [0.15, 0.2) is 24.3 Å². The molecular formula is C19H26N2O3. The summed E-state index contributed by atoms with van der Waals surface area (Å²) in [6, 6.07) is 8.57. The van der Waals surface area contributed by atoms with Crippen molar-refractivity contribution in [2.24, 2.45) is 0 Å². The molecule has 1 amide bonds. The zero-order chi connectivity index (χ0) is 16.6. The Labute approximate surface area is 143 Å². The van der Waals surface area contributed by atoms with Crippen molar-refractivity contribution in [2.45, 2.75) is 44.4 Å². The molecular weight excluding hydrogens is 304 g/mol. The summed E-state index contributed by atoms with van der Waals surface area (Å²) >= 11 is 0. The SMILES string of the molecule is CC1CCc2ccccc2N1C(=O)CN1CCC2(CC1)OCCO2. The van der Waals surface area contributed by atoms with Gasteiger partial charge in [-0.3, -0.25) is 9.69 Å². The maximum absolute atomic E-state index is 13.0. The number of hydrogen-bond donors (Lipinski definition) is 0. The summed E-state index contributed by atoms with van der Waals surface area (Å²) in [5.74, 6) is -0.163. The third-order valence-corrected chi connectivity index (χ3v) is 5.58. The molecule has 1 aromatic rings. The van der Waals surface area contributed by atoms with Crippen LogP contribution in [-0.2, 0) is 20.7 Å². The van der Waals surface area contributed by atoms with E-state index in [0.717, 1.165) is 44.5 Å². The van der Waals surface area contributed by atoms with Crippen LogP contribution in [-0.4, -0.2) is 55.5 Å². The molecule has 0 saturated carbocycles. The molecule has 3 aliphatic heterocycles. The van der Waals surface area contributed by atoms with Crippen LogP contribution in [0.3, 0.4) is 0 Å². The highest BCUT2D eigenvalue weighted by Gasteiger charge is 2.40. The number of aryl methyl sites for hydroxylation is 1. The summed E-state index contributed by atoms with van der Waals surface area (Å²) in [5.41, 5.74) is 2.38. The first-order chi connectivity index (χ1) is 11.7. The number of ether oxygens (including phenoxy) is 2. The Balaban J connectivity index is 1.41. The predicted octanol–water partition coefficient (Wildman–Crippen LogP) is 2.19. The first kappa shape index (κ1) is 16.1. The normalized spacial score (nSPS) is 26.5. The van der Waals surface area contributed by atoms with Crippen LogP contribution in [0.1, 0.15) is 31.7 Å². The Morgan fingerprint density at radius 2 is 1.92 bits per heavy atom. The van der Waals surface area contributed by atoms with E-state index in [1.165, 1.54) is 5.56 Å². The van der Waals surface area contributed by atoms with Crippen LogP contribution in [0.4, 0.5) is 5.69 Å². The van der Waals surface area contributed by atoms with Gasteiger partial charge in [-0.1, -0.05) is 18.2 Å². The van der Waals surface area contributed by atoms with Crippen molar-refractivity contribution in [2.75, 3.05) is 37.7 Å². The molecule has 3 aliphatic rings. The lowest BCUT2D eigenvalue weighted by molar-refractivity contribution is -0.185. The largest absolute Gasteiger partial charge is 0.347 e. The summed E-state index contributed by atoms with van der Waals surface area (Å²) in [6.07, 6.45) is 3.80. The molecule has 1 spiro atoms. The highest BCUT2D eigenvalue weighted by molar-refractivity contribution is 5.96. The first-order valence-corrected chi connectivity index (χ1v) is 9.07. The third kappa shape index (κ3) is 2.96. The topological polar surface area (TPSA) is 42.0 Å². The Morgan fingerprint density at radius 3 is 2.67 bits per heavy atom. The number of carbonyl (C=O) groups excluding carboxylic acids is 1. The van der Waals surface area contributed by atoms with Gasteiger partial charge in [0.15, 0.2) is 5.79 Å². The van der Waals surface area contributed by atoms with Gasteiger partial charge in [-0.2, -0.15) is 0 Å². The Morgan fingerprint density at radius 1 is 1.21 bits per heavy atom. The molecule has 0 N–H and O–H groups in total. The average molecular weight is 330 g/mol. The number of para-hydroxylation sites is 1. The van der Waals surface area contributed by atoms with E-state index in [4.69, 9.17) is 9.47 Å². The van der Waals surface area contributed by atoms with Crippen molar-refractivity contribution < 1.29 is 14.3 Å². The second-order valence-corrected chi connectivity index (χ2v) is 7.16. The Kier molecular flexibility index (Phi) is 4.33. The van der Waals surface area contributed by atoms with Crippen molar-refractivity contribution >= 4 is 11.6 Å². The van der Waals surface area contributed by atoms with E-state index >= 15 is 0 Å². The molecule has 0 bridgehead atoms. The fourth-order valence-corrected chi connectivity index (χ4v) is 4.17. The molecule has 0 aliphatic carbocycles. The molecule has 4 rings (SSSR count). The fourth-order valence-electron chi connectivity index (χ4n) is 4.17. The third-order valence-electron chi connectivity index (χ3n) is 5.58. The smallest absolute Gasteiger partial charge is 0.241 e. The van der Waals surface area contributed by atoms with Gasteiger partial charge in [0.25, 0.3) is 0 Å². The molecule has 1 aromatic carbocycles. The number of carbonyl (C=O) groups is 1. The van der Waals surface area contributed by atoms with Crippen molar-refractivity contribution in [1.29, 1.82) is 0 Å². The number of anilines is 1. The van der Waals surface area contributed by atoms with Crippen LogP contribution in [0.2, 0.25) is 0 Å². The average Bonchev–Trinajstić information content (AvgIpc) is 3.05. The van der Waals surface area contributed by atoms with Gasteiger partial charge in [0.1, 0.15) is 0 Å². The monoisotopic (exact) mass is 330 g/mol. The van der Waals surface area contributed by atoms with Gasteiger partial charge in [0, 0.05) is 37.7 Å². The van der Waals surface area contributed by atoms with E-state index in [0.29, 0.717) is 19.8 Å². The molecule has 0 aromatic heterocycles. The van der Waals surface area contributed by atoms with Crippen LogP contribution < -0.4 is 4.90 Å². The number of piperidine rings is 1. The van der Waals surface area contributed by atoms with Crippen LogP contribution in [0.5, 0.6) is 0 Å². The number of nitrogens with zero attached hydrogens (tertiary/aromatic N) is 2. The van der Waals surface area contributed by atoms with E-state index in [2.05, 4.69) is 30.0 Å². The zero-order valence-electron chi connectivity index (χ0n) is 14.4. The second-order valence-electron chi connectivity index (χ2n) is 7.16. The van der Waals surface area contributed by atoms with Gasteiger partial charge in [-0.15, -0.1) is 0 Å². The van der Waals surface area contributed by atoms with Crippen molar-refractivity contribution in [3.05, 3.63) is 29.8 Å². The lowest BCUT2D eigenvalue weighted by Gasteiger charge is -2.40. The predicted molar refractivity (Wildman–Crippen MR) is 92.0 cm³/mol. The second kappa shape index (κ2) is 6.47. The fraction of sp³-hybridized carbons (Fsp3) is 0.632. The van der Waals surface area contributed by atoms with Gasteiger partial charge in [0.05, 0.1) is 19.8 Å². The summed E-state index contributed by atoms with van der Waals surface area (Å²) in [7, 11) is 0. The number of rotatable bonds is 2. The summed E-state index contributed by atoms with van der Waals surface area (Å²) < 4.78 is 11.5. The van der Waals surface area contributed by atoms with Crippen molar-refractivity contribution in [3.63, 3.8) is 0 Å². The van der Waals surface area contributed by atoms with E-state index in [1.54, 1.807) is 0 Å². The Bertz CT molecular complexity index is 602. The molecule has 2 saturated heterocycles. The lowest BCUT2D eigenvalue weighted by Crippen LogP contribution is -2.51. The lowest BCUT2D eigenvalue weighted by atomic mass is 9.96. The Hall–Kier alpha value is -1.43. The quantitative estimate of drug-likeness (QED) is 0.834. The number of amides is 1. The molecule has 130 valence electrons. The molecule has 3 heterocycles. The van der Waals surface area contributed by atoms with Gasteiger partial charge < -0.3 is 14.4 Å². The van der Waals surface area contributed by atoms with Crippen LogP contribution in [0, 0.1) is 0 Å². The summed E-state index contributed by atoms with van der Waals surface area (Å²) in [5, 5.41) is 0. The molecule has 1 unspecified atom stereocenters. The number of fused-ring (bicyclic) bond motifs is 1. The molecule has 5 heteroatoms. The first-order valence-electron chi connectivity index (χ1n) is 9.07. The highest BCUT2D eigenvalue weighted by atomic mass is 16.7. The van der Waals surface area contributed by atoms with Crippen molar-refractivity contribution in [3.8, 4) is 0 Å². The van der Waals surface area contributed by atoms with E-state index in [-0.39, 0.29) is 17.7 Å². The maximum Gasteiger partial charge on any atom is 0.241 e. The molecule has 5 nitrogen and oxygen atoms in total. The number of hydrogen-bond acceptors (Lipinski definition) is 4. The van der Waals surface area contributed by atoms with E-state index in [1.807, 2.05) is 11.0 Å². The summed E-state index contributed by atoms with van der Waals surface area (Å²) in [4.78, 5) is 17.2. The highest BCUT2D eigenvalue weighted by Crippen LogP contribution is 2.33. The maximum atomic E-state index is 13.0. The van der Waals surface area contributed by atoms with Crippen LogP contribution >= 0.6 is 0 Å². The standard InChI is InChI=1S/C19H26N2O3/c1-15-6-7-16-4-2-3-5-17(16)21(15)18(22)14-20-10-8-19(9-11-20)23-12-13-24-19/h2-5,15H,6-14H2,1H3. The molecule has 24 heavy (non-hydrogen) atoms. The van der Waals surface area contributed by atoms with Gasteiger partial charge in [0.2, 0.25) is 5.91 Å².